The Morgan fingerprint density at radius 3 is 2.60 bits per heavy atom. The SMILES string of the molecule is CC(=O)c1cccc(NC(=O)c2cnn3c(C(F)(F)F)cc(-c4ccco4)nc23)c1. The van der Waals surface area contributed by atoms with Crippen molar-refractivity contribution in [2.45, 2.75) is 13.1 Å². The van der Waals surface area contributed by atoms with Crippen LogP contribution in [-0.4, -0.2) is 26.3 Å². The minimum Gasteiger partial charge on any atom is -0.463 e. The number of aromatic nitrogens is 3. The summed E-state index contributed by atoms with van der Waals surface area (Å²) in [5.41, 5.74) is -0.946. The van der Waals surface area contributed by atoms with Crippen LogP contribution >= 0.6 is 0 Å². The number of nitrogens with zero attached hydrogens (tertiary/aromatic N) is 3. The molecule has 0 bridgehead atoms. The van der Waals surface area contributed by atoms with Gasteiger partial charge in [0.25, 0.3) is 5.91 Å². The van der Waals surface area contributed by atoms with Crippen molar-refractivity contribution in [3.05, 3.63) is 71.7 Å². The summed E-state index contributed by atoms with van der Waals surface area (Å²) >= 11 is 0. The van der Waals surface area contributed by atoms with Gasteiger partial charge in [-0.3, -0.25) is 9.59 Å². The summed E-state index contributed by atoms with van der Waals surface area (Å²) in [5, 5.41) is 6.26. The van der Waals surface area contributed by atoms with Gasteiger partial charge in [0.15, 0.2) is 22.9 Å². The molecule has 0 saturated heterocycles. The molecule has 1 N–H and O–H groups in total. The summed E-state index contributed by atoms with van der Waals surface area (Å²) in [6.45, 7) is 1.38. The molecule has 1 amide bonds. The number of benzene rings is 1. The van der Waals surface area contributed by atoms with Gasteiger partial charge < -0.3 is 9.73 Å². The highest BCUT2D eigenvalue weighted by Crippen LogP contribution is 2.33. The Bertz CT molecular complexity index is 1260. The molecule has 0 radical (unpaired) electrons. The van der Waals surface area contributed by atoms with E-state index < -0.39 is 17.8 Å². The summed E-state index contributed by atoms with van der Waals surface area (Å²) in [7, 11) is 0. The first-order valence-corrected chi connectivity index (χ1v) is 8.66. The third-order valence-electron chi connectivity index (χ3n) is 4.31. The van der Waals surface area contributed by atoms with Crippen molar-refractivity contribution in [3.8, 4) is 11.5 Å². The fraction of sp³-hybridized carbons (Fsp3) is 0.100. The van der Waals surface area contributed by atoms with Gasteiger partial charge in [-0.25, -0.2) is 9.50 Å². The first kappa shape index (κ1) is 19.4. The van der Waals surface area contributed by atoms with Gasteiger partial charge in [0.2, 0.25) is 0 Å². The number of carbonyl (C=O) groups excluding carboxylic acids is 2. The molecule has 4 aromatic rings. The van der Waals surface area contributed by atoms with Gasteiger partial charge in [-0.15, -0.1) is 0 Å². The van der Waals surface area contributed by atoms with Crippen LogP contribution < -0.4 is 5.32 Å². The number of amides is 1. The molecule has 0 saturated carbocycles. The van der Waals surface area contributed by atoms with Crippen molar-refractivity contribution in [2.24, 2.45) is 0 Å². The molecule has 0 spiro atoms. The highest BCUT2D eigenvalue weighted by molar-refractivity contribution is 6.08. The van der Waals surface area contributed by atoms with Gasteiger partial charge in [0.05, 0.1) is 12.5 Å². The van der Waals surface area contributed by atoms with Crippen LogP contribution in [0.3, 0.4) is 0 Å². The quantitative estimate of drug-likeness (QED) is 0.498. The molecule has 0 aliphatic carbocycles. The molecule has 0 unspecified atom stereocenters. The molecule has 152 valence electrons. The Labute approximate surface area is 167 Å². The zero-order valence-corrected chi connectivity index (χ0v) is 15.4. The van der Waals surface area contributed by atoms with Crippen LogP contribution in [-0.2, 0) is 6.18 Å². The standard InChI is InChI=1S/C20H13F3N4O3/c1-11(28)12-4-2-5-13(8-12)25-19(29)14-10-24-27-17(20(21,22)23)9-15(26-18(14)27)16-6-3-7-30-16/h2-10H,1H3,(H,25,29). The van der Waals surface area contributed by atoms with Crippen LogP contribution in [0.2, 0.25) is 0 Å². The maximum Gasteiger partial charge on any atom is 0.433 e. The Hall–Kier alpha value is -3.95. The van der Waals surface area contributed by atoms with Crippen LogP contribution in [0.15, 0.2) is 59.3 Å². The Morgan fingerprint density at radius 2 is 1.93 bits per heavy atom. The van der Waals surface area contributed by atoms with Crippen LogP contribution in [0.25, 0.3) is 17.1 Å². The summed E-state index contributed by atoms with van der Waals surface area (Å²) in [6.07, 6.45) is -2.42. The molecule has 4 rings (SSSR count). The van der Waals surface area contributed by atoms with Gasteiger partial charge in [-0.05, 0) is 37.3 Å². The van der Waals surface area contributed by atoms with E-state index in [9.17, 15) is 22.8 Å². The molecule has 7 nitrogen and oxygen atoms in total. The minimum atomic E-state index is -4.74. The summed E-state index contributed by atoms with van der Waals surface area (Å²) in [6, 6.07) is 9.96. The molecular formula is C20H13F3N4O3. The predicted octanol–water partition coefficient (Wildman–Crippen LogP) is 4.46. The molecule has 30 heavy (non-hydrogen) atoms. The highest BCUT2D eigenvalue weighted by Gasteiger charge is 2.36. The van der Waals surface area contributed by atoms with E-state index in [1.54, 1.807) is 18.2 Å². The number of hydrogen-bond donors (Lipinski definition) is 1. The number of rotatable bonds is 4. The third kappa shape index (κ3) is 3.54. The van der Waals surface area contributed by atoms with Gasteiger partial charge in [-0.2, -0.15) is 18.3 Å². The lowest BCUT2D eigenvalue weighted by atomic mass is 10.1. The van der Waals surface area contributed by atoms with Crippen LogP contribution in [0, 0.1) is 0 Å². The van der Waals surface area contributed by atoms with E-state index >= 15 is 0 Å². The van der Waals surface area contributed by atoms with Gasteiger partial charge >= 0.3 is 6.18 Å². The van der Waals surface area contributed by atoms with E-state index in [1.807, 2.05) is 0 Å². The molecule has 3 aromatic heterocycles. The van der Waals surface area contributed by atoms with Crippen LogP contribution in [0.4, 0.5) is 18.9 Å². The molecule has 0 aliphatic heterocycles. The first-order chi connectivity index (χ1) is 14.2. The predicted molar refractivity (Wildman–Crippen MR) is 100 cm³/mol. The minimum absolute atomic E-state index is 0.0899. The van der Waals surface area contributed by atoms with Crippen molar-refractivity contribution in [1.82, 2.24) is 14.6 Å². The van der Waals surface area contributed by atoms with Crippen molar-refractivity contribution in [2.75, 3.05) is 5.32 Å². The Morgan fingerprint density at radius 1 is 1.13 bits per heavy atom. The summed E-state index contributed by atoms with van der Waals surface area (Å²) in [5.74, 6) is -0.797. The number of halogens is 3. The number of fused-ring (bicyclic) bond motifs is 1. The van der Waals surface area contributed by atoms with Crippen molar-refractivity contribution >= 4 is 23.0 Å². The molecule has 0 aliphatic rings. The average Bonchev–Trinajstić information content (AvgIpc) is 3.36. The zero-order chi connectivity index (χ0) is 21.5. The lowest BCUT2D eigenvalue weighted by Crippen LogP contribution is -2.16. The van der Waals surface area contributed by atoms with E-state index in [0.29, 0.717) is 15.8 Å². The van der Waals surface area contributed by atoms with E-state index in [2.05, 4.69) is 15.4 Å². The Kier molecular flexibility index (Phi) is 4.61. The van der Waals surface area contributed by atoms with E-state index in [1.165, 1.54) is 31.4 Å². The second-order valence-corrected chi connectivity index (χ2v) is 6.39. The largest absolute Gasteiger partial charge is 0.463 e. The number of Topliss-reactive ketones (excluding diaryl/α,β-unsaturated/α-hetero) is 1. The zero-order valence-electron chi connectivity index (χ0n) is 15.4. The third-order valence-corrected chi connectivity index (χ3v) is 4.31. The number of ketones is 1. The molecular weight excluding hydrogens is 401 g/mol. The number of carbonyl (C=O) groups is 2. The van der Waals surface area contributed by atoms with Gasteiger partial charge in [0, 0.05) is 11.3 Å². The lowest BCUT2D eigenvalue weighted by molar-refractivity contribution is -0.142. The monoisotopic (exact) mass is 414 g/mol. The molecule has 10 heteroatoms. The van der Waals surface area contributed by atoms with Gasteiger partial charge in [0.1, 0.15) is 11.3 Å². The van der Waals surface area contributed by atoms with E-state index in [4.69, 9.17) is 4.42 Å². The highest BCUT2D eigenvalue weighted by atomic mass is 19.4. The number of alkyl halides is 3. The number of nitrogens with one attached hydrogen (secondary N) is 1. The molecule has 0 atom stereocenters. The first-order valence-electron chi connectivity index (χ1n) is 8.66. The summed E-state index contributed by atoms with van der Waals surface area (Å²) in [4.78, 5) is 28.4. The molecule has 3 heterocycles. The van der Waals surface area contributed by atoms with E-state index in [-0.39, 0.29) is 28.4 Å². The molecule has 1 aromatic carbocycles. The average molecular weight is 414 g/mol. The smallest absolute Gasteiger partial charge is 0.433 e. The van der Waals surface area contributed by atoms with E-state index in [0.717, 1.165) is 12.3 Å². The normalized spacial score (nSPS) is 11.6. The van der Waals surface area contributed by atoms with Crippen LogP contribution in [0.1, 0.15) is 33.3 Å². The van der Waals surface area contributed by atoms with Crippen molar-refractivity contribution < 1.29 is 27.2 Å². The second kappa shape index (κ2) is 7.14. The van der Waals surface area contributed by atoms with Gasteiger partial charge in [-0.1, -0.05) is 12.1 Å². The number of anilines is 1. The maximum absolute atomic E-state index is 13.6. The topological polar surface area (TPSA) is 89.5 Å². The maximum atomic E-state index is 13.6. The fourth-order valence-electron chi connectivity index (χ4n) is 2.89. The lowest BCUT2D eigenvalue weighted by Gasteiger charge is -2.11. The fourth-order valence-corrected chi connectivity index (χ4v) is 2.89. The summed E-state index contributed by atoms with van der Waals surface area (Å²) < 4.78 is 46.4. The number of hydrogen-bond acceptors (Lipinski definition) is 5. The Balaban J connectivity index is 1.80. The van der Waals surface area contributed by atoms with Crippen molar-refractivity contribution in [3.63, 3.8) is 0 Å². The van der Waals surface area contributed by atoms with Crippen molar-refractivity contribution in [1.29, 1.82) is 0 Å². The molecule has 0 fully saturated rings. The number of furan rings is 1. The second-order valence-electron chi connectivity index (χ2n) is 6.39. The van der Waals surface area contributed by atoms with Crippen LogP contribution in [0.5, 0.6) is 0 Å².